The molecular weight excluding hydrogens is 330 g/mol. The molecule has 0 spiro atoms. The summed E-state index contributed by atoms with van der Waals surface area (Å²) in [6.45, 7) is 10.9. The summed E-state index contributed by atoms with van der Waals surface area (Å²) >= 11 is 3.16. The number of thiazole rings is 1. The van der Waals surface area contributed by atoms with Gasteiger partial charge in [0.25, 0.3) is 5.91 Å². The molecule has 0 aliphatic carbocycles. The average Bonchev–Trinajstić information content (AvgIpc) is 2.95. The standard InChI is InChI=1S/C15H27N5OS2/c1-6-16-14(19-9-15(3,4)22-5)18-8-7-17-13(21)12-11(2)20-10-23-12/h10H,6-9H2,1-5H3,(H,17,21)(H2,16,18,19). The number of rotatable bonds is 8. The third-order valence-electron chi connectivity index (χ3n) is 3.17. The number of carbonyl (C=O) groups is 1. The number of aryl methyl sites for hydroxylation is 1. The summed E-state index contributed by atoms with van der Waals surface area (Å²) in [6, 6.07) is 0. The van der Waals surface area contributed by atoms with E-state index in [4.69, 9.17) is 0 Å². The van der Waals surface area contributed by atoms with E-state index >= 15 is 0 Å². The lowest BCUT2D eigenvalue weighted by Gasteiger charge is -2.20. The monoisotopic (exact) mass is 357 g/mol. The van der Waals surface area contributed by atoms with E-state index in [-0.39, 0.29) is 10.7 Å². The molecule has 0 atom stereocenters. The van der Waals surface area contributed by atoms with Crippen LogP contribution in [-0.4, -0.2) is 54.0 Å². The molecule has 0 aromatic carbocycles. The predicted octanol–water partition coefficient (Wildman–Crippen LogP) is 1.88. The first-order valence-corrected chi connectivity index (χ1v) is 9.75. The molecule has 0 fully saturated rings. The Labute approximate surface area is 147 Å². The number of carbonyl (C=O) groups excluding carboxylic acids is 1. The van der Waals surface area contributed by atoms with E-state index in [0.717, 1.165) is 24.7 Å². The maximum atomic E-state index is 12.0. The number of thioether (sulfide) groups is 1. The minimum absolute atomic E-state index is 0.0720. The molecule has 0 bridgehead atoms. The summed E-state index contributed by atoms with van der Waals surface area (Å²) in [5.41, 5.74) is 2.46. The summed E-state index contributed by atoms with van der Waals surface area (Å²) in [6.07, 6.45) is 2.09. The van der Waals surface area contributed by atoms with Gasteiger partial charge in [0.2, 0.25) is 0 Å². The molecule has 1 aromatic heterocycles. The first-order valence-electron chi connectivity index (χ1n) is 7.65. The third-order valence-corrected chi connectivity index (χ3v) is 5.33. The fourth-order valence-electron chi connectivity index (χ4n) is 1.63. The molecule has 8 heteroatoms. The van der Waals surface area contributed by atoms with Crippen molar-refractivity contribution in [1.82, 2.24) is 20.9 Å². The number of aliphatic imine (C=N–C) groups is 1. The van der Waals surface area contributed by atoms with Crippen LogP contribution in [0.4, 0.5) is 0 Å². The Bertz CT molecular complexity index is 528. The minimum Gasteiger partial charge on any atom is -0.357 e. The van der Waals surface area contributed by atoms with Crippen LogP contribution >= 0.6 is 23.1 Å². The van der Waals surface area contributed by atoms with Gasteiger partial charge in [0, 0.05) is 24.4 Å². The Kier molecular flexibility index (Phi) is 8.40. The molecule has 130 valence electrons. The molecular formula is C15H27N5OS2. The number of amides is 1. The zero-order chi connectivity index (χ0) is 17.3. The number of aromatic nitrogens is 1. The molecule has 0 radical (unpaired) electrons. The Morgan fingerprint density at radius 2 is 2.04 bits per heavy atom. The fourth-order valence-corrected chi connectivity index (χ4v) is 2.55. The van der Waals surface area contributed by atoms with Gasteiger partial charge in [-0.05, 0) is 34.0 Å². The van der Waals surface area contributed by atoms with Gasteiger partial charge in [-0.1, -0.05) is 0 Å². The molecule has 3 N–H and O–H groups in total. The van der Waals surface area contributed by atoms with Crippen LogP contribution < -0.4 is 16.0 Å². The van der Waals surface area contributed by atoms with Crippen molar-refractivity contribution in [2.75, 3.05) is 32.4 Å². The van der Waals surface area contributed by atoms with Gasteiger partial charge < -0.3 is 16.0 Å². The van der Waals surface area contributed by atoms with E-state index in [1.54, 1.807) is 17.3 Å². The second-order valence-electron chi connectivity index (χ2n) is 5.61. The molecule has 23 heavy (non-hydrogen) atoms. The van der Waals surface area contributed by atoms with Crippen molar-refractivity contribution >= 4 is 35.0 Å². The molecule has 0 saturated carbocycles. The fraction of sp³-hybridized carbons (Fsp3) is 0.667. The van der Waals surface area contributed by atoms with Crippen molar-refractivity contribution in [2.45, 2.75) is 32.4 Å². The van der Waals surface area contributed by atoms with Crippen molar-refractivity contribution in [3.05, 3.63) is 16.1 Å². The minimum atomic E-state index is -0.0720. The first-order chi connectivity index (χ1) is 10.9. The average molecular weight is 358 g/mol. The highest BCUT2D eigenvalue weighted by Gasteiger charge is 2.15. The number of guanidine groups is 1. The van der Waals surface area contributed by atoms with E-state index in [1.807, 2.05) is 13.8 Å². The summed E-state index contributed by atoms with van der Waals surface area (Å²) < 4.78 is 0.111. The van der Waals surface area contributed by atoms with Crippen molar-refractivity contribution in [2.24, 2.45) is 4.99 Å². The van der Waals surface area contributed by atoms with E-state index in [1.165, 1.54) is 11.3 Å². The number of hydrogen-bond donors (Lipinski definition) is 3. The highest BCUT2D eigenvalue weighted by Crippen LogP contribution is 2.20. The van der Waals surface area contributed by atoms with Gasteiger partial charge in [-0.25, -0.2) is 4.98 Å². The molecule has 6 nitrogen and oxygen atoms in total. The lowest BCUT2D eigenvalue weighted by molar-refractivity contribution is 0.0957. The highest BCUT2D eigenvalue weighted by molar-refractivity contribution is 7.99. The summed E-state index contributed by atoms with van der Waals surface area (Å²) in [5, 5.41) is 9.34. The highest BCUT2D eigenvalue weighted by atomic mass is 32.2. The third kappa shape index (κ3) is 7.22. The predicted molar refractivity (Wildman–Crippen MR) is 101 cm³/mol. The van der Waals surface area contributed by atoms with Crippen LogP contribution in [0.1, 0.15) is 36.1 Å². The van der Waals surface area contributed by atoms with E-state index in [0.29, 0.717) is 18.0 Å². The Balaban J connectivity index is 2.40. The van der Waals surface area contributed by atoms with Crippen molar-refractivity contribution in [3.8, 4) is 0 Å². The second kappa shape index (κ2) is 9.77. The van der Waals surface area contributed by atoms with Gasteiger partial charge >= 0.3 is 0 Å². The van der Waals surface area contributed by atoms with Gasteiger partial charge in [-0.2, -0.15) is 11.8 Å². The van der Waals surface area contributed by atoms with Crippen LogP contribution in [0, 0.1) is 6.92 Å². The SMILES string of the molecule is CCNC(=NCC(C)(C)SC)NCCNC(=O)c1scnc1C. The number of nitrogens with zero attached hydrogens (tertiary/aromatic N) is 2. The van der Waals surface area contributed by atoms with E-state index in [9.17, 15) is 4.79 Å². The molecule has 0 aliphatic heterocycles. The summed E-state index contributed by atoms with van der Waals surface area (Å²) in [5.74, 6) is 0.704. The maximum absolute atomic E-state index is 12.0. The van der Waals surface area contributed by atoms with Crippen LogP contribution in [0.2, 0.25) is 0 Å². The van der Waals surface area contributed by atoms with Crippen LogP contribution in [0.5, 0.6) is 0 Å². The quantitative estimate of drug-likeness (QED) is 0.376. The smallest absolute Gasteiger partial charge is 0.263 e. The van der Waals surface area contributed by atoms with Gasteiger partial charge in [0.15, 0.2) is 5.96 Å². The number of nitrogens with one attached hydrogen (secondary N) is 3. The van der Waals surface area contributed by atoms with Crippen molar-refractivity contribution < 1.29 is 4.79 Å². The number of hydrogen-bond acceptors (Lipinski definition) is 5. The first kappa shape index (κ1) is 19.8. The molecule has 0 aliphatic rings. The van der Waals surface area contributed by atoms with Gasteiger partial charge in [0.05, 0.1) is 17.7 Å². The normalized spacial score (nSPS) is 12.1. The summed E-state index contributed by atoms with van der Waals surface area (Å²) in [4.78, 5) is 21.3. The Morgan fingerprint density at radius 1 is 1.35 bits per heavy atom. The lowest BCUT2D eigenvalue weighted by atomic mass is 10.2. The Morgan fingerprint density at radius 3 is 2.61 bits per heavy atom. The largest absolute Gasteiger partial charge is 0.357 e. The van der Waals surface area contributed by atoms with Gasteiger partial charge in [-0.3, -0.25) is 9.79 Å². The molecule has 1 amide bonds. The molecule has 1 rings (SSSR count). The van der Waals surface area contributed by atoms with E-state index in [2.05, 4.69) is 46.0 Å². The Hall–Kier alpha value is -1.28. The van der Waals surface area contributed by atoms with E-state index < -0.39 is 0 Å². The zero-order valence-corrected chi connectivity index (χ0v) is 16.2. The zero-order valence-electron chi connectivity index (χ0n) is 14.5. The van der Waals surface area contributed by atoms with Gasteiger partial charge in [0.1, 0.15) is 4.88 Å². The molecule has 1 aromatic rings. The van der Waals surface area contributed by atoms with Crippen LogP contribution in [0.15, 0.2) is 10.5 Å². The van der Waals surface area contributed by atoms with Gasteiger partial charge in [-0.15, -0.1) is 11.3 Å². The molecule has 0 unspecified atom stereocenters. The maximum Gasteiger partial charge on any atom is 0.263 e. The lowest BCUT2D eigenvalue weighted by Crippen LogP contribution is -2.42. The second-order valence-corrected chi connectivity index (χ2v) is 7.98. The van der Waals surface area contributed by atoms with Crippen LogP contribution in [0.3, 0.4) is 0 Å². The molecule has 0 saturated heterocycles. The molecule has 1 heterocycles. The van der Waals surface area contributed by atoms with Crippen LogP contribution in [0.25, 0.3) is 0 Å². The topological polar surface area (TPSA) is 78.4 Å². The van der Waals surface area contributed by atoms with Crippen LogP contribution in [-0.2, 0) is 0 Å². The van der Waals surface area contributed by atoms with Crippen molar-refractivity contribution in [1.29, 1.82) is 0 Å². The van der Waals surface area contributed by atoms with Crippen molar-refractivity contribution in [3.63, 3.8) is 0 Å². The summed E-state index contributed by atoms with van der Waals surface area (Å²) in [7, 11) is 0.